The minimum atomic E-state index is -5.76. The van der Waals surface area contributed by atoms with Crippen LogP contribution in [0.15, 0.2) is 54.1 Å². The molecule has 1 aliphatic heterocycles. The number of halogens is 5. The molecule has 190 valence electrons. The molecule has 2 aromatic rings. The Morgan fingerprint density at radius 1 is 1.09 bits per heavy atom. The molecular formula is C23H23F5N2O4S. The van der Waals surface area contributed by atoms with Crippen LogP contribution < -0.4 is 0 Å². The van der Waals surface area contributed by atoms with Crippen molar-refractivity contribution in [2.45, 2.75) is 50.6 Å². The number of hydrogen-bond donors (Lipinski definition) is 1. The number of carbonyl (C=O) groups is 1. The van der Waals surface area contributed by atoms with E-state index >= 15 is 0 Å². The molecule has 0 spiro atoms. The maximum absolute atomic E-state index is 13.5. The van der Waals surface area contributed by atoms with Gasteiger partial charge < -0.3 is 10.0 Å². The second-order valence-electron chi connectivity index (χ2n) is 8.80. The van der Waals surface area contributed by atoms with Crippen LogP contribution in [0.5, 0.6) is 0 Å². The van der Waals surface area contributed by atoms with E-state index in [0.717, 1.165) is 17.5 Å². The quantitative estimate of drug-likeness (QED) is 0.563. The maximum atomic E-state index is 13.5. The zero-order valence-electron chi connectivity index (χ0n) is 18.8. The average molecular weight is 519 g/mol. The van der Waals surface area contributed by atoms with Crippen molar-refractivity contribution in [2.75, 3.05) is 5.75 Å². The van der Waals surface area contributed by atoms with E-state index in [4.69, 9.17) is 0 Å². The van der Waals surface area contributed by atoms with Crippen LogP contribution in [0.25, 0.3) is 0 Å². The van der Waals surface area contributed by atoms with Gasteiger partial charge in [0.1, 0.15) is 5.60 Å². The maximum Gasteiger partial charge on any atom is 0.458 e. The van der Waals surface area contributed by atoms with E-state index in [1.807, 2.05) is 0 Å². The predicted octanol–water partition coefficient (Wildman–Crippen LogP) is 3.85. The number of alkyl halides is 5. The molecular weight excluding hydrogens is 495 g/mol. The molecule has 6 nitrogen and oxygen atoms in total. The normalized spacial score (nSPS) is 18.0. The first-order valence-electron chi connectivity index (χ1n) is 10.4. The molecule has 3 rings (SSSR count). The van der Waals surface area contributed by atoms with Gasteiger partial charge in [0.05, 0.1) is 23.9 Å². The van der Waals surface area contributed by atoms with Crippen LogP contribution in [-0.4, -0.2) is 47.3 Å². The van der Waals surface area contributed by atoms with Gasteiger partial charge >= 0.3 is 12.1 Å². The number of rotatable bonds is 7. The minimum Gasteiger partial charge on any atom is -0.384 e. The van der Waals surface area contributed by atoms with Gasteiger partial charge in [-0.15, -0.1) is 0 Å². The number of aliphatic hydroxyl groups is 1. The summed E-state index contributed by atoms with van der Waals surface area (Å²) in [7, 11) is -3.52. The number of hydrogen-bond acceptors (Lipinski definition) is 5. The summed E-state index contributed by atoms with van der Waals surface area (Å²) < 4.78 is 88.7. The number of pyridine rings is 1. The van der Waals surface area contributed by atoms with Crippen molar-refractivity contribution in [3.05, 3.63) is 76.5 Å². The highest BCUT2D eigenvalue weighted by Gasteiger charge is 2.58. The van der Waals surface area contributed by atoms with Crippen molar-refractivity contribution < 1.29 is 40.3 Å². The van der Waals surface area contributed by atoms with Crippen LogP contribution in [0.3, 0.4) is 0 Å². The highest BCUT2D eigenvalue weighted by atomic mass is 32.2. The van der Waals surface area contributed by atoms with Gasteiger partial charge in [-0.3, -0.25) is 9.78 Å². The zero-order chi connectivity index (χ0) is 26.2. The SMILES string of the molecule is CC(C)(O)c1cc(CN(C(=O)Cc2ccc(C(F)(F)C(F)(F)F)cc2)[C@@H]2C=CS(=O)(=O)C2)ccn1. The fourth-order valence-corrected chi connectivity index (χ4v) is 4.82. The molecule has 1 aromatic carbocycles. The lowest BCUT2D eigenvalue weighted by Gasteiger charge is -2.28. The molecule has 0 saturated heterocycles. The second-order valence-corrected chi connectivity index (χ2v) is 10.7. The topological polar surface area (TPSA) is 87.6 Å². The number of amides is 1. The van der Waals surface area contributed by atoms with E-state index in [-0.39, 0.29) is 24.3 Å². The minimum absolute atomic E-state index is 0.0425. The molecule has 0 aliphatic carbocycles. The smallest absolute Gasteiger partial charge is 0.384 e. The Bertz CT molecular complexity index is 1220. The molecule has 1 N–H and O–H groups in total. The van der Waals surface area contributed by atoms with Gasteiger partial charge in [-0.1, -0.05) is 24.3 Å². The first kappa shape index (κ1) is 26.7. The summed E-state index contributed by atoms with van der Waals surface area (Å²) in [6, 6.07) is 5.59. The number of carbonyl (C=O) groups excluding carboxylic acids is 1. The van der Waals surface area contributed by atoms with E-state index < -0.39 is 45.0 Å². The Balaban J connectivity index is 1.85. The molecule has 0 saturated carbocycles. The van der Waals surface area contributed by atoms with Crippen LogP contribution in [0, 0.1) is 0 Å². The molecule has 0 bridgehead atoms. The van der Waals surface area contributed by atoms with Gasteiger partial charge in [0, 0.05) is 23.7 Å². The third-order valence-corrected chi connectivity index (χ3v) is 6.84. The van der Waals surface area contributed by atoms with Gasteiger partial charge in [-0.05, 0) is 43.2 Å². The predicted molar refractivity (Wildman–Crippen MR) is 117 cm³/mol. The highest BCUT2D eigenvalue weighted by Crippen LogP contribution is 2.43. The first-order chi connectivity index (χ1) is 16.0. The van der Waals surface area contributed by atoms with Crippen LogP contribution in [0.2, 0.25) is 0 Å². The van der Waals surface area contributed by atoms with Crippen LogP contribution >= 0.6 is 0 Å². The summed E-state index contributed by atoms with van der Waals surface area (Å²) in [5.74, 6) is -5.95. The van der Waals surface area contributed by atoms with Crippen LogP contribution in [-0.2, 0) is 39.1 Å². The molecule has 1 aliphatic rings. The molecule has 0 radical (unpaired) electrons. The fourth-order valence-electron chi connectivity index (χ4n) is 3.52. The summed E-state index contributed by atoms with van der Waals surface area (Å²) in [4.78, 5) is 18.5. The zero-order valence-corrected chi connectivity index (χ0v) is 19.6. The van der Waals surface area contributed by atoms with Crippen molar-refractivity contribution in [1.29, 1.82) is 0 Å². The van der Waals surface area contributed by atoms with Gasteiger partial charge in [-0.25, -0.2) is 8.42 Å². The van der Waals surface area contributed by atoms with Crippen molar-refractivity contribution in [3.8, 4) is 0 Å². The van der Waals surface area contributed by atoms with E-state index in [1.54, 1.807) is 12.1 Å². The van der Waals surface area contributed by atoms with Crippen molar-refractivity contribution in [1.82, 2.24) is 9.88 Å². The summed E-state index contributed by atoms with van der Waals surface area (Å²) >= 11 is 0. The van der Waals surface area contributed by atoms with Crippen molar-refractivity contribution >= 4 is 15.7 Å². The van der Waals surface area contributed by atoms with Gasteiger partial charge in [0.2, 0.25) is 5.91 Å². The Morgan fingerprint density at radius 2 is 1.71 bits per heavy atom. The van der Waals surface area contributed by atoms with E-state index in [9.17, 15) is 40.3 Å². The monoisotopic (exact) mass is 518 g/mol. The van der Waals surface area contributed by atoms with Crippen LogP contribution in [0.1, 0.15) is 36.2 Å². The highest BCUT2D eigenvalue weighted by molar-refractivity contribution is 7.94. The van der Waals surface area contributed by atoms with Crippen LogP contribution in [0.4, 0.5) is 22.0 Å². The lowest BCUT2D eigenvalue weighted by Crippen LogP contribution is -2.41. The number of benzene rings is 1. The summed E-state index contributed by atoms with van der Waals surface area (Å²) in [6.45, 7) is 3.01. The third-order valence-electron chi connectivity index (χ3n) is 5.46. The Kier molecular flexibility index (Phi) is 7.11. The Labute approximate surface area is 199 Å². The third kappa shape index (κ3) is 6.23. The van der Waals surface area contributed by atoms with E-state index in [1.165, 1.54) is 31.0 Å². The van der Waals surface area contributed by atoms with E-state index in [0.29, 0.717) is 23.4 Å². The molecule has 0 unspecified atom stereocenters. The molecule has 2 heterocycles. The molecule has 1 aromatic heterocycles. The fraction of sp³-hybridized carbons (Fsp3) is 0.391. The number of aromatic nitrogens is 1. The first-order valence-corrected chi connectivity index (χ1v) is 12.1. The standard InChI is InChI=1S/C23H23F5N2O4S/c1-21(2,32)19-11-16(7-9-29-19)13-30(18-8-10-35(33,34)14-18)20(31)12-15-3-5-17(6-4-15)22(24,25)23(26,27)28/h3-11,18,32H,12-14H2,1-2H3/t18-/m1/s1. The largest absolute Gasteiger partial charge is 0.458 e. The van der Waals surface area contributed by atoms with E-state index in [2.05, 4.69) is 4.98 Å². The molecule has 0 fully saturated rings. The number of nitrogens with zero attached hydrogens (tertiary/aromatic N) is 2. The molecule has 35 heavy (non-hydrogen) atoms. The Morgan fingerprint density at radius 3 is 2.23 bits per heavy atom. The average Bonchev–Trinajstić information content (AvgIpc) is 3.10. The lowest BCUT2D eigenvalue weighted by molar-refractivity contribution is -0.289. The Hall–Kier alpha value is -2.86. The van der Waals surface area contributed by atoms with Gasteiger partial charge in [0.25, 0.3) is 0 Å². The van der Waals surface area contributed by atoms with Crippen molar-refractivity contribution in [3.63, 3.8) is 0 Å². The second kappa shape index (κ2) is 9.30. The number of sulfone groups is 1. The summed E-state index contributed by atoms with van der Waals surface area (Å²) in [5.41, 5.74) is -1.44. The summed E-state index contributed by atoms with van der Waals surface area (Å²) in [6.07, 6.45) is -3.32. The molecule has 1 atom stereocenters. The van der Waals surface area contributed by atoms with Gasteiger partial charge in [0.15, 0.2) is 9.84 Å². The lowest BCUT2D eigenvalue weighted by atomic mass is 10.0. The van der Waals surface area contributed by atoms with Gasteiger partial charge in [-0.2, -0.15) is 22.0 Å². The molecule has 1 amide bonds. The summed E-state index contributed by atoms with van der Waals surface area (Å²) in [5, 5.41) is 11.2. The van der Waals surface area contributed by atoms with Crippen molar-refractivity contribution in [2.24, 2.45) is 0 Å². The molecule has 12 heteroatoms.